The molecule has 0 aliphatic carbocycles. The quantitative estimate of drug-likeness (QED) is 0.217. The van der Waals surface area contributed by atoms with Crippen molar-refractivity contribution in [1.29, 1.82) is 0 Å². The average Bonchev–Trinajstić information content (AvgIpc) is 2.71. The van der Waals surface area contributed by atoms with E-state index in [2.05, 4.69) is 27.7 Å². The number of esters is 2. The summed E-state index contributed by atoms with van der Waals surface area (Å²) >= 11 is 0. The SMILES string of the molecule is CCC(CC)CCC(CC)OC(=O)/C=C/C(=O)OC(CC)CCC(CC)CC. The van der Waals surface area contributed by atoms with Crippen LogP contribution in [0, 0.1) is 11.8 Å². The Morgan fingerprint density at radius 1 is 0.571 bits per heavy atom. The molecule has 0 fully saturated rings. The van der Waals surface area contributed by atoms with Crippen LogP contribution in [0.5, 0.6) is 0 Å². The fourth-order valence-electron chi connectivity index (χ4n) is 3.47. The van der Waals surface area contributed by atoms with E-state index in [-0.39, 0.29) is 12.2 Å². The van der Waals surface area contributed by atoms with Gasteiger partial charge in [0.2, 0.25) is 0 Å². The minimum absolute atomic E-state index is 0.0859. The first-order valence-corrected chi connectivity index (χ1v) is 11.5. The van der Waals surface area contributed by atoms with Crippen LogP contribution in [0.1, 0.15) is 106 Å². The molecule has 0 radical (unpaired) electrons. The Hall–Kier alpha value is -1.32. The van der Waals surface area contributed by atoms with Gasteiger partial charge < -0.3 is 9.47 Å². The Morgan fingerprint density at radius 3 is 1.14 bits per heavy atom. The van der Waals surface area contributed by atoms with Crippen molar-refractivity contribution in [2.75, 3.05) is 0 Å². The second-order valence-corrected chi connectivity index (χ2v) is 7.79. The van der Waals surface area contributed by atoms with Gasteiger partial charge in [-0.3, -0.25) is 0 Å². The van der Waals surface area contributed by atoms with Gasteiger partial charge in [0.25, 0.3) is 0 Å². The van der Waals surface area contributed by atoms with Crippen LogP contribution >= 0.6 is 0 Å². The third kappa shape index (κ3) is 12.2. The van der Waals surface area contributed by atoms with Crippen molar-refractivity contribution in [1.82, 2.24) is 0 Å². The molecular weight excluding hydrogens is 352 g/mol. The summed E-state index contributed by atoms with van der Waals surface area (Å²) in [5.41, 5.74) is 0. The average molecular weight is 397 g/mol. The lowest BCUT2D eigenvalue weighted by atomic mass is 9.95. The van der Waals surface area contributed by atoms with E-state index >= 15 is 0 Å². The first-order valence-electron chi connectivity index (χ1n) is 11.5. The summed E-state index contributed by atoms with van der Waals surface area (Å²) in [6.45, 7) is 12.8. The Labute approximate surface area is 173 Å². The number of hydrogen-bond acceptors (Lipinski definition) is 4. The fourth-order valence-corrected chi connectivity index (χ4v) is 3.47. The molecule has 4 nitrogen and oxygen atoms in total. The molecule has 0 aliphatic heterocycles. The van der Waals surface area contributed by atoms with Gasteiger partial charge in [0.05, 0.1) is 0 Å². The summed E-state index contributed by atoms with van der Waals surface area (Å²) in [7, 11) is 0. The molecule has 2 unspecified atom stereocenters. The molecule has 164 valence electrons. The molecule has 0 spiro atoms. The lowest BCUT2D eigenvalue weighted by molar-refractivity contribution is -0.146. The van der Waals surface area contributed by atoms with Crippen LogP contribution in [0.25, 0.3) is 0 Å². The number of rotatable bonds is 16. The standard InChI is InChI=1S/C24H44O4/c1-7-19(8-2)13-15-21(11-5)27-23(25)17-18-24(26)28-22(12-6)16-14-20(9-3)10-4/h17-22H,7-16H2,1-6H3/b18-17+. The Bertz CT molecular complexity index is 396. The minimum Gasteiger partial charge on any atom is -0.459 e. The van der Waals surface area contributed by atoms with Crippen LogP contribution in [0.4, 0.5) is 0 Å². The van der Waals surface area contributed by atoms with E-state index in [1.807, 2.05) is 13.8 Å². The van der Waals surface area contributed by atoms with Crippen molar-refractivity contribution >= 4 is 11.9 Å². The third-order valence-electron chi connectivity index (χ3n) is 5.94. The molecule has 0 bridgehead atoms. The molecule has 0 amide bonds. The second-order valence-electron chi connectivity index (χ2n) is 7.79. The van der Waals surface area contributed by atoms with Crippen LogP contribution in [0.15, 0.2) is 12.2 Å². The Kier molecular flexibility index (Phi) is 15.8. The van der Waals surface area contributed by atoms with Crippen LogP contribution in [-0.2, 0) is 19.1 Å². The van der Waals surface area contributed by atoms with E-state index < -0.39 is 11.9 Å². The molecule has 0 aliphatic rings. The first kappa shape index (κ1) is 26.7. The summed E-state index contributed by atoms with van der Waals surface area (Å²) < 4.78 is 11.0. The minimum atomic E-state index is -0.460. The van der Waals surface area contributed by atoms with Gasteiger partial charge in [-0.2, -0.15) is 0 Å². The summed E-state index contributed by atoms with van der Waals surface area (Å²) in [5, 5.41) is 0. The zero-order valence-electron chi connectivity index (χ0n) is 19.2. The number of carbonyl (C=O) groups is 2. The molecule has 0 aromatic heterocycles. The Morgan fingerprint density at radius 2 is 0.893 bits per heavy atom. The van der Waals surface area contributed by atoms with Gasteiger partial charge in [0, 0.05) is 12.2 Å². The summed E-state index contributed by atoms with van der Waals surface area (Å²) in [5.74, 6) is 0.449. The van der Waals surface area contributed by atoms with E-state index in [1.54, 1.807) is 0 Å². The van der Waals surface area contributed by atoms with Crippen molar-refractivity contribution in [2.45, 2.75) is 118 Å². The van der Waals surface area contributed by atoms with Gasteiger partial charge in [-0.05, 0) is 50.4 Å². The van der Waals surface area contributed by atoms with Gasteiger partial charge in [0.1, 0.15) is 12.2 Å². The molecule has 0 aromatic rings. The van der Waals surface area contributed by atoms with Crippen LogP contribution in [-0.4, -0.2) is 24.1 Å². The van der Waals surface area contributed by atoms with Crippen molar-refractivity contribution in [3.05, 3.63) is 12.2 Å². The zero-order chi connectivity index (χ0) is 21.4. The summed E-state index contributed by atoms with van der Waals surface area (Å²) in [6, 6.07) is 0. The maximum atomic E-state index is 12.0. The van der Waals surface area contributed by atoms with Gasteiger partial charge in [0.15, 0.2) is 0 Å². The van der Waals surface area contributed by atoms with Crippen LogP contribution in [0.3, 0.4) is 0 Å². The van der Waals surface area contributed by atoms with Crippen LogP contribution < -0.4 is 0 Å². The van der Waals surface area contributed by atoms with Crippen molar-refractivity contribution in [2.24, 2.45) is 11.8 Å². The molecule has 0 saturated heterocycles. The normalized spacial score (nSPS) is 13.9. The topological polar surface area (TPSA) is 52.6 Å². The molecule has 0 heterocycles. The van der Waals surface area contributed by atoms with Crippen molar-refractivity contribution < 1.29 is 19.1 Å². The van der Waals surface area contributed by atoms with E-state index in [4.69, 9.17) is 9.47 Å². The molecule has 0 aromatic carbocycles. The molecule has 4 heteroatoms. The highest BCUT2D eigenvalue weighted by Gasteiger charge is 2.15. The monoisotopic (exact) mass is 396 g/mol. The largest absolute Gasteiger partial charge is 0.459 e. The lowest BCUT2D eigenvalue weighted by Gasteiger charge is -2.19. The van der Waals surface area contributed by atoms with E-state index in [9.17, 15) is 9.59 Å². The maximum Gasteiger partial charge on any atom is 0.331 e. The van der Waals surface area contributed by atoms with Gasteiger partial charge in [-0.15, -0.1) is 0 Å². The van der Waals surface area contributed by atoms with Gasteiger partial charge in [-0.1, -0.05) is 67.2 Å². The smallest absolute Gasteiger partial charge is 0.331 e. The first-order chi connectivity index (χ1) is 13.4. The van der Waals surface area contributed by atoms with Gasteiger partial charge >= 0.3 is 11.9 Å². The number of carbonyl (C=O) groups excluding carboxylic acids is 2. The van der Waals surface area contributed by atoms with Crippen molar-refractivity contribution in [3.63, 3.8) is 0 Å². The molecular formula is C24H44O4. The van der Waals surface area contributed by atoms with E-state index in [0.29, 0.717) is 11.8 Å². The number of hydrogen-bond donors (Lipinski definition) is 0. The lowest BCUT2D eigenvalue weighted by Crippen LogP contribution is -2.19. The number of ether oxygens (including phenoxy) is 2. The highest BCUT2D eigenvalue weighted by Crippen LogP contribution is 2.20. The predicted octanol–water partition coefficient (Wildman–Crippen LogP) is 6.62. The maximum absolute atomic E-state index is 12.0. The Balaban J connectivity index is 4.39. The van der Waals surface area contributed by atoms with Crippen LogP contribution in [0.2, 0.25) is 0 Å². The zero-order valence-corrected chi connectivity index (χ0v) is 19.2. The summed E-state index contributed by atoms with van der Waals surface area (Å²) in [4.78, 5) is 24.1. The second kappa shape index (κ2) is 16.6. The predicted molar refractivity (Wildman–Crippen MR) is 116 cm³/mol. The third-order valence-corrected chi connectivity index (χ3v) is 5.94. The van der Waals surface area contributed by atoms with Gasteiger partial charge in [-0.25, -0.2) is 9.59 Å². The van der Waals surface area contributed by atoms with E-state index in [0.717, 1.165) is 64.2 Å². The van der Waals surface area contributed by atoms with Crippen molar-refractivity contribution in [3.8, 4) is 0 Å². The molecule has 2 atom stereocenters. The highest BCUT2D eigenvalue weighted by atomic mass is 16.5. The molecule has 0 rings (SSSR count). The molecule has 0 N–H and O–H groups in total. The molecule has 0 saturated carbocycles. The van der Waals surface area contributed by atoms with E-state index in [1.165, 1.54) is 12.2 Å². The fraction of sp³-hybridized carbons (Fsp3) is 0.833. The summed E-state index contributed by atoms with van der Waals surface area (Å²) in [6.07, 6.45) is 12.3. The molecule has 28 heavy (non-hydrogen) atoms. The highest BCUT2D eigenvalue weighted by molar-refractivity contribution is 5.91.